The van der Waals surface area contributed by atoms with Crippen molar-refractivity contribution in [1.82, 2.24) is 0 Å². The molecule has 2 N–H and O–H groups in total. The summed E-state index contributed by atoms with van der Waals surface area (Å²) >= 11 is 11.7. The van der Waals surface area contributed by atoms with Gasteiger partial charge in [-0.05, 0) is 42.5 Å². The largest absolute Gasteiger partial charge is 0.326 e. The normalized spacial score (nSPS) is 10.5. The van der Waals surface area contributed by atoms with E-state index in [1.807, 2.05) is 13.8 Å². The molecular weight excluding hydrogens is 335 g/mol. The summed E-state index contributed by atoms with van der Waals surface area (Å²) in [4.78, 5) is 23.8. The molecule has 0 radical (unpaired) electrons. The van der Waals surface area contributed by atoms with Gasteiger partial charge in [0.15, 0.2) is 0 Å². The highest BCUT2D eigenvalue weighted by atomic mass is 35.5. The molecule has 0 heterocycles. The lowest BCUT2D eigenvalue weighted by molar-refractivity contribution is -0.118. The van der Waals surface area contributed by atoms with Crippen LogP contribution in [0.25, 0.3) is 0 Å². The van der Waals surface area contributed by atoms with Crippen LogP contribution in [0.1, 0.15) is 24.2 Å². The van der Waals surface area contributed by atoms with Crippen molar-refractivity contribution in [2.45, 2.75) is 13.8 Å². The number of anilines is 2. The zero-order chi connectivity index (χ0) is 17.0. The molecule has 0 atom stereocenters. The fourth-order valence-electron chi connectivity index (χ4n) is 1.76. The predicted molar refractivity (Wildman–Crippen MR) is 94.3 cm³/mol. The van der Waals surface area contributed by atoms with Crippen LogP contribution in [0.15, 0.2) is 42.5 Å². The minimum absolute atomic E-state index is 0.0578. The van der Waals surface area contributed by atoms with Gasteiger partial charge in [0, 0.05) is 22.9 Å². The van der Waals surface area contributed by atoms with Gasteiger partial charge in [0.05, 0.1) is 10.0 Å². The molecule has 2 aromatic rings. The number of carbonyl (C=O) groups is 2. The van der Waals surface area contributed by atoms with Crippen molar-refractivity contribution in [2.24, 2.45) is 5.92 Å². The second-order valence-corrected chi connectivity index (χ2v) is 6.12. The smallest absolute Gasteiger partial charge is 0.255 e. The minimum Gasteiger partial charge on any atom is -0.326 e. The number of carbonyl (C=O) groups excluding carboxylic acids is 2. The molecule has 2 rings (SSSR count). The molecule has 23 heavy (non-hydrogen) atoms. The Balaban J connectivity index is 2.04. The summed E-state index contributed by atoms with van der Waals surface area (Å²) in [7, 11) is 0. The van der Waals surface area contributed by atoms with Crippen molar-refractivity contribution in [3.05, 3.63) is 58.1 Å². The second kappa shape index (κ2) is 7.49. The van der Waals surface area contributed by atoms with E-state index in [4.69, 9.17) is 23.2 Å². The summed E-state index contributed by atoms with van der Waals surface area (Å²) in [5, 5.41) is 6.26. The lowest BCUT2D eigenvalue weighted by Gasteiger charge is -2.09. The van der Waals surface area contributed by atoms with Crippen LogP contribution in [0.3, 0.4) is 0 Å². The maximum Gasteiger partial charge on any atom is 0.255 e. The SMILES string of the molecule is CC(C)C(=O)Nc1ccc(NC(=O)c2ccc(Cl)c(Cl)c2)cc1. The highest BCUT2D eigenvalue weighted by molar-refractivity contribution is 6.42. The molecule has 0 aliphatic heterocycles. The van der Waals surface area contributed by atoms with Gasteiger partial charge >= 0.3 is 0 Å². The quantitative estimate of drug-likeness (QED) is 0.828. The third-order valence-corrected chi connectivity index (χ3v) is 3.86. The van der Waals surface area contributed by atoms with Gasteiger partial charge in [-0.3, -0.25) is 9.59 Å². The fraction of sp³-hybridized carbons (Fsp3) is 0.176. The van der Waals surface area contributed by atoms with Crippen molar-refractivity contribution < 1.29 is 9.59 Å². The van der Waals surface area contributed by atoms with Gasteiger partial charge in [0.1, 0.15) is 0 Å². The number of halogens is 2. The van der Waals surface area contributed by atoms with Crippen LogP contribution < -0.4 is 10.6 Å². The number of amides is 2. The van der Waals surface area contributed by atoms with Crippen LogP contribution in [-0.4, -0.2) is 11.8 Å². The molecule has 0 aliphatic rings. The highest BCUT2D eigenvalue weighted by Gasteiger charge is 2.09. The van der Waals surface area contributed by atoms with E-state index in [1.54, 1.807) is 36.4 Å². The van der Waals surface area contributed by atoms with Crippen molar-refractivity contribution in [3.8, 4) is 0 Å². The molecule has 4 nitrogen and oxygen atoms in total. The van der Waals surface area contributed by atoms with Gasteiger partial charge in [-0.25, -0.2) is 0 Å². The lowest BCUT2D eigenvalue weighted by atomic mass is 10.2. The first kappa shape index (κ1) is 17.3. The number of hydrogen-bond acceptors (Lipinski definition) is 2. The third kappa shape index (κ3) is 4.71. The second-order valence-electron chi connectivity index (χ2n) is 5.30. The Bertz CT molecular complexity index is 728. The Morgan fingerprint density at radius 3 is 1.96 bits per heavy atom. The van der Waals surface area contributed by atoms with Gasteiger partial charge in [-0.1, -0.05) is 37.0 Å². The van der Waals surface area contributed by atoms with E-state index in [1.165, 1.54) is 6.07 Å². The van der Waals surface area contributed by atoms with Crippen LogP contribution in [-0.2, 0) is 4.79 Å². The minimum atomic E-state index is -0.289. The average molecular weight is 351 g/mol. The Morgan fingerprint density at radius 1 is 0.870 bits per heavy atom. The van der Waals surface area contributed by atoms with Gasteiger partial charge in [0.2, 0.25) is 5.91 Å². The number of hydrogen-bond donors (Lipinski definition) is 2. The standard InChI is InChI=1S/C17H16Cl2N2O2/c1-10(2)16(22)20-12-4-6-13(7-5-12)21-17(23)11-3-8-14(18)15(19)9-11/h3-10H,1-2H3,(H,20,22)(H,21,23). The van der Waals surface area contributed by atoms with E-state index >= 15 is 0 Å². The summed E-state index contributed by atoms with van der Waals surface area (Å²) in [6, 6.07) is 11.6. The van der Waals surface area contributed by atoms with E-state index in [0.717, 1.165) is 0 Å². The molecule has 0 fully saturated rings. The number of benzene rings is 2. The van der Waals surface area contributed by atoms with Gasteiger partial charge < -0.3 is 10.6 Å². The highest BCUT2D eigenvalue weighted by Crippen LogP contribution is 2.23. The monoisotopic (exact) mass is 350 g/mol. The summed E-state index contributed by atoms with van der Waals surface area (Å²) in [6.45, 7) is 3.64. The molecule has 0 unspecified atom stereocenters. The van der Waals surface area contributed by atoms with Gasteiger partial charge in [-0.2, -0.15) is 0 Å². The van der Waals surface area contributed by atoms with Gasteiger partial charge in [-0.15, -0.1) is 0 Å². The number of rotatable bonds is 4. The van der Waals surface area contributed by atoms with E-state index in [0.29, 0.717) is 27.0 Å². The molecule has 2 aromatic carbocycles. The first-order valence-corrected chi connectivity index (χ1v) is 7.79. The van der Waals surface area contributed by atoms with Crippen molar-refractivity contribution in [3.63, 3.8) is 0 Å². The van der Waals surface area contributed by atoms with Gasteiger partial charge in [0.25, 0.3) is 5.91 Å². The van der Waals surface area contributed by atoms with Crippen LogP contribution in [0.2, 0.25) is 10.0 Å². The Labute approximate surface area is 144 Å². The lowest BCUT2D eigenvalue weighted by Crippen LogP contribution is -2.17. The summed E-state index contributed by atoms with van der Waals surface area (Å²) in [6.07, 6.45) is 0. The summed E-state index contributed by atoms with van der Waals surface area (Å²) < 4.78 is 0. The maximum absolute atomic E-state index is 12.1. The molecule has 0 saturated heterocycles. The third-order valence-electron chi connectivity index (χ3n) is 3.12. The van der Waals surface area contributed by atoms with Crippen LogP contribution in [0, 0.1) is 5.92 Å². The van der Waals surface area contributed by atoms with Crippen molar-refractivity contribution >= 4 is 46.4 Å². The van der Waals surface area contributed by atoms with E-state index in [9.17, 15) is 9.59 Å². The summed E-state index contributed by atoms with van der Waals surface area (Å²) in [5.74, 6) is -0.441. The molecule has 0 aromatic heterocycles. The van der Waals surface area contributed by atoms with Crippen LogP contribution in [0.4, 0.5) is 11.4 Å². The van der Waals surface area contributed by atoms with Crippen LogP contribution in [0.5, 0.6) is 0 Å². The first-order valence-electron chi connectivity index (χ1n) is 7.04. The van der Waals surface area contributed by atoms with Crippen molar-refractivity contribution in [2.75, 3.05) is 10.6 Å². The molecular formula is C17H16Cl2N2O2. The zero-order valence-electron chi connectivity index (χ0n) is 12.7. The molecule has 0 bridgehead atoms. The molecule has 6 heteroatoms. The Kier molecular flexibility index (Phi) is 5.64. The fourth-order valence-corrected chi connectivity index (χ4v) is 2.06. The predicted octanol–water partition coefficient (Wildman–Crippen LogP) is 4.84. The molecule has 120 valence electrons. The maximum atomic E-state index is 12.1. The molecule has 0 spiro atoms. The average Bonchev–Trinajstić information content (AvgIpc) is 2.51. The van der Waals surface area contributed by atoms with E-state index in [-0.39, 0.29) is 17.7 Å². The Morgan fingerprint density at radius 2 is 1.43 bits per heavy atom. The van der Waals surface area contributed by atoms with Crippen molar-refractivity contribution in [1.29, 1.82) is 0 Å². The summed E-state index contributed by atoms with van der Waals surface area (Å²) in [5.41, 5.74) is 1.71. The molecule has 0 aliphatic carbocycles. The topological polar surface area (TPSA) is 58.2 Å². The first-order chi connectivity index (χ1) is 10.9. The zero-order valence-corrected chi connectivity index (χ0v) is 14.2. The molecule has 2 amide bonds. The molecule has 0 saturated carbocycles. The van der Waals surface area contributed by atoms with Crippen LogP contribution >= 0.6 is 23.2 Å². The van der Waals surface area contributed by atoms with E-state index < -0.39 is 0 Å². The number of nitrogens with one attached hydrogen (secondary N) is 2. The van der Waals surface area contributed by atoms with E-state index in [2.05, 4.69) is 10.6 Å². The Hall–Kier alpha value is -2.04.